The molecule has 5 atom stereocenters. The van der Waals surface area contributed by atoms with E-state index >= 15 is 0 Å². The number of rotatable bonds is 4. The lowest BCUT2D eigenvalue weighted by molar-refractivity contribution is -0.234. The van der Waals surface area contributed by atoms with Gasteiger partial charge in [0.1, 0.15) is 0 Å². The minimum Gasteiger partial charge on any atom is -0.394 e. The van der Waals surface area contributed by atoms with Gasteiger partial charge in [-0.3, -0.25) is 0 Å². The highest BCUT2D eigenvalue weighted by Gasteiger charge is 2.30. The van der Waals surface area contributed by atoms with Gasteiger partial charge in [-0.15, -0.1) is 0 Å². The van der Waals surface area contributed by atoms with Crippen LogP contribution in [0.4, 0.5) is 0 Å². The normalized spacial score (nSPS) is 41.8. The Balaban J connectivity index is 1.72. The van der Waals surface area contributed by atoms with Gasteiger partial charge in [-0.05, 0) is 6.42 Å². The topological polar surface area (TPSA) is 88.4 Å². The van der Waals surface area contributed by atoms with Crippen LogP contribution in [-0.4, -0.2) is 65.8 Å². The minimum atomic E-state index is -0.506. The summed E-state index contributed by atoms with van der Waals surface area (Å²) in [6.07, 6.45) is 0.268. The molecule has 6 heteroatoms. The molecule has 0 spiro atoms. The average molecular weight is 262 g/mol. The molecule has 0 aliphatic carbocycles. The maximum atomic E-state index is 9.62. The molecule has 6 nitrogen and oxygen atoms in total. The van der Waals surface area contributed by atoms with Crippen molar-refractivity contribution >= 4 is 0 Å². The molecule has 106 valence electrons. The summed E-state index contributed by atoms with van der Waals surface area (Å²) in [5.41, 5.74) is 0. The monoisotopic (exact) mass is 262 g/mol. The lowest BCUT2D eigenvalue weighted by atomic mass is 10.1. The van der Waals surface area contributed by atoms with E-state index in [1.165, 1.54) is 0 Å². The summed E-state index contributed by atoms with van der Waals surface area (Å²) in [4.78, 5) is 0. The molecule has 2 heterocycles. The first-order chi connectivity index (χ1) is 8.67. The highest BCUT2D eigenvalue weighted by Crippen LogP contribution is 2.22. The second kappa shape index (κ2) is 6.79. The summed E-state index contributed by atoms with van der Waals surface area (Å²) in [5.74, 6) is 0. The molecule has 0 unspecified atom stereocenters. The van der Waals surface area contributed by atoms with E-state index in [1.54, 1.807) is 0 Å². The Morgan fingerprint density at radius 1 is 1.06 bits per heavy atom. The van der Waals surface area contributed by atoms with Crippen molar-refractivity contribution < 1.29 is 29.5 Å². The van der Waals surface area contributed by atoms with Gasteiger partial charge in [0.2, 0.25) is 0 Å². The number of hydrogen-bond donors (Lipinski definition) is 3. The molecule has 2 aliphatic rings. The molecule has 3 N–H and O–H groups in total. The summed E-state index contributed by atoms with van der Waals surface area (Å²) in [6, 6.07) is 0. The van der Waals surface area contributed by atoms with Gasteiger partial charge in [0, 0.05) is 25.9 Å². The van der Waals surface area contributed by atoms with Crippen molar-refractivity contribution in [1.82, 2.24) is 0 Å². The summed E-state index contributed by atoms with van der Waals surface area (Å²) < 4.78 is 16.5. The maximum absolute atomic E-state index is 9.62. The van der Waals surface area contributed by atoms with Crippen LogP contribution in [0, 0.1) is 0 Å². The molecule has 0 bridgehead atoms. The molecule has 0 radical (unpaired) electrons. The smallest absolute Gasteiger partial charge is 0.160 e. The first kappa shape index (κ1) is 14.2. The molecule has 2 fully saturated rings. The summed E-state index contributed by atoms with van der Waals surface area (Å²) >= 11 is 0. The van der Waals surface area contributed by atoms with E-state index in [9.17, 15) is 10.2 Å². The Labute approximate surface area is 106 Å². The van der Waals surface area contributed by atoms with Gasteiger partial charge in [0.25, 0.3) is 0 Å². The fourth-order valence-electron chi connectivity index (χ4n) is 2.36. The van der Waals surface area contributed by atoms with Crippen molar-refractivity contribution in [2.24, 2.45) is 0 Å². The van der Waals surface area contributed by atoms with E-state index in [2.05, 4.69) is 0 Å². The molecular formula is C12H22O6. The van der Waals surface area contributed by atoms with Gasteiger partial charge in [-0.1, -0.05) is 0 Å². The van der Waals surface area contributed by atoms with E-state index in [4.69, 9.17) is 19.3 Å². The van der Waals surface area contributed by atoms with E-state index in [1.807, 2.05) is 0 Å². The lowest BCUT2D eigenvalue weighted by Gasteiger charge is -2.33. The van der Waals surface area contributed by atoms with Crippen molar-refractivity contribution in [3.05, 3.63) is 0 Å². The number of aliphatic hydroxyl groups excluding tert-OH is 3. The van der Waals surface area contributed by atoms with Gasteiger partial charge in [0.15, 0.2) is 6.29 Å². The highest BCUT2D eigenvalue weighted by atomic mass is 16.7. The predicted molar refractivity (Wildman–Crippen MR) is 61.9 cm³/mol. The van der Waals surface area contributed by atoms with Crippen molar-refractivity contribution in [1.29, 1.82) is 0 Å². The van der Waals surface area contributed by atoms with E-state index in [0.717, 1.165) is 0 Å². The van der Waals surface area contributed by atoms with E-state index in [0.29, 0.717) is 38.9 Å². The average Bonchev–Trinajstić information content (AvgIpc) is 2.36. The van der Waals surface area contributed by atoms with Gasteiger partial charge in [0.05, 0.1) is 37.6 Å². The van der Waals surface area contributed by atoms with Gasteiger partial charge < -0.3 is 29.5 Å². The molecule has 0 saturated carbocycles. The number of aliphatic hydroxyl groups is 3. The number of hydrogen-bond acceptors (Lipinski definition) is 6. The summed E-state index contributed by atoms with van der Waals surface area (Å²) in [5, 5.41) is 28.1. The zero-order valence-electron chi connectivity index (χ0n) is 10.4. The minimum absolute atomic E-state index is 0.116. The van der Waals surface area contributed by atoms with Crippen LogP contribution in [0.25, 0.3) is 0 Å². The van der Waals surface area contributed by atoms with Crippen LogP contribution in [0.5, 0.6) is 0 Å². The standard InChI is InChI=1S/C12H22O6/c13-6-10-4-9(15)5-12(18-10)17-7-11-3-8(14)1-2-16-11/h8-15H,1-7H2/t8-,9+,10+,11+,12-/m1/s1. The second-order valence-corrected chi connectivity index (χ2v) is 5.00. The van der Waals surface area contributed by atoms with Crippen LogP contribution in [0.2, 0.25) is 0 Å². The SMILES string of the molecule is OC[C@@H]1C[C@H](O)C[C@H](OC[C@@H]2C[C@H](O)CCO2)O1. The highest BCUT2D eigenvalue weighted by molar-refractivity contribution is 4.74. The Morgan fingerprint density at radius 3 is 2.56 bits per heavy atom. The third-order valence-electron chi connectivity index (χ3n) is 3.35. The third-order valence-corrected chi connectivity index (χ3v) is 3.35. The molecule has 2 rings (SSSR count). The van der Waals surface area contributed by atoms with Crippen LogP contribution >= 0.6 is 0 Å². The molecule has 0 aromatic rings. The zero-order chi connectivity index (χ0) is 13.0. The Kier molecular flexibility index (Phi) is 5.35. The molecular weight excluding hydrogens is 240 g/mol. The van der Waals surface area contributed by atoms with Crippen LogP contribution in [-0.2, 0) is 14.2 Å². The summed E-state index contributed by atoms with van der Waals surface area (Å²) in [7, 11) is 0. The first-order valence-corrected chi connectivity index (χ1v) is 6.53. The molecule has 0 aromatic heterocycles. The Hall–Kier alpha value is -0.240. The summed E-state index contributed by atoms with van der Waals surface area (Å²) in [6.45, 7) is 0.769. The van der Waals surface area contributed by atoms with Crippen molar-refractivity contribution in [3.8, 4) is 0 Å². The quantitative estimate of drug-likeness (QED) is 0.627. The Morgan fingerprint density at radius 2 is 1.83 bits per heavy atom. The van der Waals surface area contributed by atoms with Crippen LogP contribution in [0.3, 0.4) is 0 Å². The second-order valence-electron chi connectivity index (χ2n) is 5.00. The van der Waals surface area contributed by atoms with Gasteiger partial charge in [-0.2, -0.15) is 0 Å². The Bertz CT molecular complexity index is 249. The number of ether oxygens (including phenoxy) is 3. The third kappa shape index (κ3) is 4.15. The fraction of sp³-hybridized carbons (Fsp3) is 1.00. The van der Waals surface area contributed by atoms with Crippen LogP contribution in [0.15, 0.2) is 0 Å². The molecule has 0 aromatic carbocycles. The maximum Gasteiger partial charge on any atom is 0.160 e. The molecule has 18 heavy (non-hydrogen) atoms. The predicted octanol–water partition coefficient (Wildman–Crippen LogP) is -0.599. The van der Waals surface area contributed by atoms with Crippen molar-refractivity contribution in [3.63, 3.8) is 0 Å². The van der Waals surface area contributed by atoms with Crippen molar-refractivity contribution in [2.45, 2.75) is 56.4 Å². The first-order valence-electron chi connectivity index (χ1n) is 6.53. The van der Waals surface area contributed by atoms with Crippen LogP contribution < -0.4 is 0 Å². The van der Waals surface area contributed by atoms with Gasteiger partial charge in [-0.25, -0.2) is 0 Å². The van der Waals surface area contributed by atoms with Gasteiger partial charge >= 0.3 is 0 Å². The van der Waals surface area contributed by atoms with Crippen molar-refractivity contribution in [2.75, 3.05) is 19.8 Å². The lowest BCUT2D eigenvalue weighted by Crippen LogP contribution is -2.41. The largest absolute Gasteiger partial charge is 0.394 e. The molecule has 2 saturated heterocycles. The van der Waals surface area contributed by atoms with E-state index in [-0.39, 0.29) is 24.9 Å². The van der Waals surface area contributed by atoms with Crippen LogP contribution in [0.1, 0.15) is 25.7 Å². The molecule has 2 aliphatic heterocycles. The zero-order valence-corrected chi connectivity index (χ0v) is 10.4. The fourth-order valence-corrected chi connectivity index (χ4v) is 2.36. The molecule has 0 amide bonds. The van der Waals surface area contributed by atoms with E-state index < -0.39 is 12.4 Å².